The molecule has 0 spiro atoms. The molecule has 1 aliphatic heterocycles. The highest BCUT2D eigenvalue weighted by Gasteiger charge is 2.30. The molecular weight excluding hydrogens is 587 g/mol. The molecule has 4 rings (SSSR count). The summed E-state index contributed by atoms with van der Waals surface area (Å²) in [5.74, 6) is 0.149. The number of amides is 1. The molecule has 0 bridgehead atoms. The summed E-state index contributed by atoms with van der Waals surface area (Å²) >= 11 is 4.83. The van der Waals surface area contributed by atoms with Gasteiger partial charge in [-0.05, 0) is 91.3 Å². The molecule has 10 heteroatoms. The van der Waals surface area contributed by atoms with Crippen LogP contribution < -0.4 is 9.47 Å². The molecule has 202 valence electrons. The monoisotopic (exact) mass is 612 g/mol. The second-order valence-electron chi connectivity index (χ2n) is 8.31. The number of halogens is 2. The Balaban J connectivity index is 1.54. The van der Waals surface area contributed by atoms with E-state index in [1.54, 1.807) is 68.6 Å². The number of rotatable bonds is 9. The van der Waals surface area contributed by atoms with Crippen LogP contribution in [-0.2, 0) is 16.1 Å². The number of thioether (sulfide) groups is 1. The minimum atomic E-state index is -0.395. The maximum absolute atomic E-state index is 13.2. The largest absolute Gasteiger partial charge is 0.490 e. The summed E-state index contributed by atoms with van der Waals surface area (Å²) in [5, 5.41) is 0.510. The van der Waals surface area contributed by atoms with Gasteiger partial charge in [-0.25, -0.2) is 14.2 Å². The summed E-state index contributed by atoms with van der Waals surface area (Å²) in [6, 6.07) is 16.4. The Kier molecular flexibility index (Phi) is 9.42. The lowest BCUT2D eigenvalue weighted by Gasteiger charge is -2.14. The molecule has 1 aliphatic rings. The zero-order valence-electron chi connectivity index (χ0n) is 21.6. The van der Waals surface area contributed by atoms with Gasteiger partial charge in [-0.1, -0.05) is 28.1 Å². The molecule has 7 nitrogen and oxygen atoms in total. The van der Waals surface area contributed by atoms with Crippen LogP contribution in [0.5, 0.6) is 11.5 Å². The molecule has 0 aromatic heterocycles. The second-order valence-corrected chi connectivity index (χ2v) is 10.2. The van der Waals surface area contributed by atoms with E-state index in [9.17, 15) is 14.0 Å². The molecule has 3 aromatic rings. The summed E-state index contributed by atoms with van der Waals surface area (Å²) in [5.41, 5.74) is 2.59. The predicted molar refractivity (Wildman–Crippen MR) is 154 cm³/mol. The fourth-order valence-electron chi connectivity index (χ4n) is 3.57. The average molecular weight is 614 g/mol. The number of likely N-dealkylation sites (N-methyl/N-ethyl adjacent to an activating group) is 1. The van der Waals surface area contributed by atoms with E-state index in [0.717, 1.165) is 11.1 Å². The zero-order valence-corrected chi connectivity index (χ0v) is 24.0. The van der Waals surface area contributed by atoms with Gasteiger partial charge in [0.15, 0.2) is 16.7 Å². The third-order valence-electron chi connectivity index (χ3n) is 5.56. The SMILES string of the molecule is CCOC(=O)c1ccc(N=C2S/C(=C\c3cc(OCC)c(OCc4ccc(F)cc4)cc3Br)C(=O)N2C)cc1. The first-order valence-corrected chi connectivity index (χ1v) is 13.8. The number of nitrogens with zero attached hydrogens (tertiary/aromatic N) is 2. The Hall–Kier alpha value is -3.63. The van der Waals surface area contributed by atoms with Gasteiger partial charge >= 0.3 is 5.97 Å². The molecule has 39 heavy (non-hydrogen) atoms. The lowest BCUT2D eigenvalue weighted by molar-refractivity contribution is -0.121. The maximum atomic E-state index is 13.2. The number of carbonyl (C=O) groups excluding carboxylic acids is 2. The van der Waals surface area contributed by atoms with E-state index in [-0.39, 0.29) is 18.3 Å². The normalized spacial score (nSPS) is 15.2. The van der Waals surface area contributed by atoms with Crippen LogP contribution in [0.3, 0.4) is 0 Å². The summed E-state index contributed by atoms with van der Waals surface area (Å²) in [4.78, 5) is 31.4. The van der Waals surface area contributed by atoms with Gasteiger partial charge in [0, 0.05) is 11.5 Å². The molecule has 1 fully saturated rings. The Morgan fingerprint density at radius 2 is 1.72 bits per heavy atom. The van der Waals surface area contributed by atoms with Gasteiger partial charge in [-0.15, -0.1) is 0 Å². The van der Waals surface area contributed by atoms with Crippen molar-refractivity contribution in [3.8, 4) is 11.5 Å². The second kappa shape index (κ2) is 12.9. The van der Waals surface area contributed by atoms with E-state index in [1.807, 2.05) is 6.92 Å². The van der Waals surface area contributed by atoms with Crippen molar-refractivity contribution in [1.82, 2.24) is 4.90 Å². The average Bonchev–Trinajstić information content (AvgIpc) is 3.18. The molecule has 0 unspecified atom stereocenters. The number of aliphatic imine (C=N–C) groups is 1. The first kappa shape index (κ1) is 28.4. The van der Waals surface area contributed by atoms with E-state index in [1.165, 1.54) is 28.8 Å². The van der Waals surface area contributed by atoms with Crippen LogP contribution in [-0.4, -0.2) is 42.2 Å². The van der Waals surface area contributed by atoms with Crippen molar-refractivity contribution in [2.24, 2.45) is 4.99 Å². The van der Waals surface area contributed by atoms with Gasteiger partial charge in [-0.2, -0.15) is 0 Å². The van der Waals surface area contributed by atoms with Crippen LogP contribution in [0.15, 0.2) is 75.0 Å². The number of hydrogen-bond donors (Lipinski definition) is 0. The number of benzene rings is 3. The van der Waals surface area contributed by atoms with Crippen LogP contribution in [0.2, 0.25) is 0 Å². The number of amidine groups is 1. The quantitative estimate of drug-likeness (QED) is 0.192. The van der Waals surface area contributed by atoms with E-state index in [4.69, 9.17) is 14.2 Å². The first-order valence-electron chi connectivity index (χ1n) is 12.2. The van der Waals surface area contributed by atoms with Gasteiger partial charge in [-0.3, -0.25) is 9.69 Å². The fourth-order valence-corrected chi connectivity index (χ4v) is 4.99. The Bertz CT molecular complexity index is 1420. The van der Waals surface area contributed by atoms with Crippen LogP contribution in [0.1, 0.15) is 35.3 Å². The molecule has 1 amide bonds. The number of esters is 1. The van der Waals surface area contributed by atoms with Crippen molar-refractivity contribution in [1.29, 1.82) is 0 Å². The van der Waals surface area contributed by atoms with Crippen molar-refractivity contribution >= 4 is 56.5 Å². The number of hydrogen-bond acceptors (Lipinski definition) is 7. The molecule has 1 heterocycles. The van der Waals surface area contributed by atoms with Crippen molar-refractivity contribution in [3.05, 3.63) is 92.5 Å². The molecule has 0 atom stereocenters. The zero-order chi connectivity index (χ0) is 27.9. The van der Waals surface area contributed by atoms with Gasteiger partial charge < -0.3 is 14.2 Å². The molecular formula is C29H26BrFN2O5S. The van der Waals surface area contributed by atoms with Crippen LogP contribution in [0, 0.1) is 5.82 Å². The molecule has 0 saturated carbocycles. The van der Waals surface area contributed by atoms with Crippen molar-refractivity contribution < 1.29 is 28.2 Å². The standard InChI is InChI=1S/C29H26BrFN2O5S/c1-4-36-24-14-20(23(30)16-25(24)38-17-18-6-10-21(31)11-7-18)15-26-27(34)33(3)29(39-26)32-22-12-8-19(9-13-22)28(35)37-5-2/h6-16H,4-5,17H2,1-3H3/b26-15-,32-29?. The fraction of sp³-hybridized carbons (Fsp3) is 0.207. The van der Waals surface area contributed by atoms with E-state index in [0.29, 0.717) is 50.5 Å². The third kappa shape index (κ3) is 7.07. The summed E-state index contributed by atoms with van der Waals surface area (Å²) < 4.78 is 30.7. The van der Waals surface area contributed by atoms with Crippen molar-refractivity contribution in [2.45, 2.75) is 20.5 Å². The topological polar surface area (TPSA) is 77.4 Å². The lowest BCUT2D eigenvalue weighted by atomic mass is 10.1. The molecule has 3 aromatic carbocycles. The van der Waals surface area contributed by atoms with E-state index < -0.39 is 5.97 Å². The van der Waals surface area contributed by atoms with Crippen molar-refractivity contribution in [3.63, 3.8) is 0 Å². The third-order valence-corrected chi connectivity index (χ3v) is 7.31. The summed E-state index contributed by atoms with van der Waals surface area (Å²) in [6.07, 6.45) is 1.77. The highest BCUT2D eigenvalue weighted by molar-refractivity contribution is 9.10. The smallest absolute Gasteiger partial charge is 0.338 e. The van der Waals surface area contributed by atoms with Gasteiger partial charge in [0.25, 0.3) is 5.91 Å². The lowest BCUT2D eigenvalue weighted by Crippen LogP contribution is -2.23. The van der Waals surface area contributed by atoms with Crippen LogP contribution in [0.4, 0.5) is 10.1 Å². The highest BCUT2D eigenvalue weighted by atomic mass is 79.9. The Morgan fingerprint density at radius 3 is 2.38 bits per heavy atom. The maximum Gasteiger partial charge on any atom is 0.338 e. The van der Waals surface area contributed by atoms with Gasteiger partial charge in [0.2, 0.25) is 0 Å². The van der Waals surface area contributed by atoms with E-state index in [2.05, 4.69) is 20.9 Å². The molecule has 0 radical (unpaired) electrons. The number of carbonyl (C=O) groups is 2. The Labute approximate surface area is 238 Å². The van der Waals surface area contributed by atoms with Gasteiger partial charge in [0.05, 0.1) is 29.4 Å². The predicted octanol–water partition coefficient (Wildman–Crippen LogP) is 6.98. The minimum Gasteiger partial charge on any atom is -0.490 e. The number of ether oxygens (including phenoxy) is 3. The molecule has 1 saturated heterocycles. The highest BCUT2D eigenvalue weighted by Crippen LogP contribution is 2.38. The first-order chi connectivity index (χ1) is 18.8. The molecule has 0 N–H and O–H groups in total. The van der Waals surface area contributed by atoms with Crippen LogP contribution in [0.25, 0.3) is 6.08 Å². The van der Waals surface area contributed by atoms with Gasteiger partial charge in [0.1, 0.15) is 12.4 Å². The summed E-state index contributed by atoms with van der Waals surface area (Å²) in [6.45, 7) is 4.59. The minimum absolute atomic E-state index is 0.191. The molecule has 0 aliphatic carbocycles. The van der Waals surface area contributed by atoms with E-state index >= 15 is 0 Å². The van der Waals surface area contributed by atoms with Crippen LogP contribution >= 0.6 is 27.7 Å². The summed E-state index contributed by atoms with van der Waals surface area (Å²) in [7, 11) is 1.66. The Morgan fingerprint density at radius 1 is 1.03 bits per heavy atom. The van der Waals surface area contributed by atoms with Crippen molar-refractivity contribution in [2.75, 3.05) is 20.3 Å².